The predicted molar refractivity (Wildman–Crippen MR) is 91.8 cm³/mol. The summed E-state index contributed by atoms with van der Waals surface area (Å²) >= 11 is 0. The van der Waals surface area contributed by atoms with Crippen molar-refractivity contribution in [3.63, 3.8) is 0 Å². The molecule has 1 unspecified atom stereocenters. The molecule has 1 aromatic carbocycles. The molecule has 1 heterocycles. The summed E-state index contributed by atoms with van der Waals surface area (Å²) in [5, 5.41) is 11.9. The molecule has 0 saturated carbocycles. The normalized spacial score (nSPS) is 12.4. The van der Waals surface area contributed by atoms with Crippen LogP contribution >= 0.6 is 0 Å². The average molecular weight is 345 g/mol. The summed E-state index contributed by atoms with van der Waals surface area (Å²) in [5.41, 5.74) is 2.38. The molecule has 0 bridgehead atoms. The van der Waals surface area contributed by atoms with E-state index in [1.165, 1.54) is 12.4 Å². The van der Waals surface area contributed by atoms with Gasteiger partial charge in [-0.3, -0.25) is 0 Å². The molecule has 0 saturated heterocycles. The molecule has 0 amide bonds. The zero-order chi connectivity index (χ0) is 17.6. The number of aromatic nitrogens is 2. The van der Waals surface area contributed by atoms with Crippen molar-refractivity contribution in [2.24, 2.45) is 0 Å². The summed E-state index contributed by atoms with van der Waals surface area (Å²) in [6, 6.07) is 9.39. The first kappa shape index (κ1) is 17.8. The molecule has 0 aliphatic rings. The van der Waals surface area contributed by atoms with E-state index < -0.39 is 10.0 Å². The molecule has 7 nitrogen and oxygen atoms in total. The fraction of sp³-hybridized carbons (Fsp3) is 0.312. The van der Waals surface area contributed by atoms with E-state index in [-0.39, 0.29) is 18.3 Å². The fourth-order valence-electron chi connectivity index (χ4n) is 1.98. The van der Waals surface area contributed by atoms with Crippen LogP contribution in [-0.2, 0) is 10.0 Å². The molecule has 0 spiro atoms. The molecule has 126 valence electrons. The minimum atomic E-state index is -3.31. The minimum Gasteiger partial charge on any atom is -0.346 e. The third-order valence-electron chi connectivity index (χ3n) is 3.45. The standard InChI is InChI=1S/C16H19N5O2S/c1-3-24(22,23)20-11-15(14-6-4-12(2)5-7-14)21-16-18-9-13(8-17)10-19-16/h4-7,9-10,15,20H,3,11H2,1-2H3,(H,18,19,21). The van der Waals surface area contributed by atoms with Crippen molar-refractivity contribution in [1.29, 1.82) is 5.26 Å². The maximum Gasteiger partial charge on any atom is 0.223 e. The minimum absolute atomic E-state index is 0.0149. The van der Waals surface area contributed by atoms with Crippen molar-refractivity contribution < 1.29 is 8.42 Å². The lowest BCUT2D eigenvalue weighted by Gasteiger charge is -2.20. The van der Waals surface area contributed by atoms with Crippen molar-refractivity contribution in [2.45, 2.75) is 19.9 Å². The molecule has 2 aromatic rings. The van der Waals surface area contributed by atoms with E-state index in [1.807, 2.05) is 37.3 Å². The van der Waals surface area contributed by atoms with Crippen LogP contribution in [0.4, 0.5) is 5.95 Å². The Hall–Kier alpha value is -2.50. The van der Waals surface area contributed by atoms with Crippen LogP contribution < -0.4 is 10.0 Å². The Morgan fingerprint density at radius 2 is 1.83 bits per heavy atom. The fourth-order valence-corrected chi connectivity index (χ4v) is 2.60. The Balaban J connectivity index is 2.21. The van der Waals surface area contributed by atoms with Crippen LogP contribution in [0, 0.1) is 18.3 Å². The quantitative estimate of drug-likeness (QED) is 0.791. The second-order valence-corrected chi connectivity index (χ2v) is 7.36. The number of hydrogen-bond acceptors (Lipinski definition) is 6. The number of benzene rings is 1. The molecule has 0 fully saturated rings. The first-order chi connectivity index (χ1) is 11.4. The Kier molecular flexibility index (Phi) is 5.84. The Labute approximate surface area is 141 Å². The topological polar surface area (TPSA) is 108 Å². The van der Waals surface area contributed by atoms with Gasteiger partial charge >= 0.3 is 0 Å². The molecule has 0 aliphatic heterocycles. The number of hydrogen-bond donors (Lipinski definition) is 2. The Morgan fingerprint density at radius 1 is 1.21 bits per heavy atom. The monoisotopic (exact) mass is 345 g/mol. The molecule has 8 heteroatoms. The highest BCUT2D eigenvalue weighted by Gasteiger charge is 2.16. The number of aryl methyl sites for hydroxylation is 1. The lowest BCUT2D eigenvalue weighted by atomic mass is 10.1. The van der Waals surface area contributed by atoms with Gasteiger partial charge in [-0.25, -0.2) is 23.1 Å². The van der Waals surface area contributed by atoms with Crippen LogP contribution in [0.15, 0.2) is 36.7 Å². The molecule has 0 aliphatic carbocycles. The van der Waals surface area contributed by atoms with Crippen molar-refractivity contribution >= 4 is 16.0 Å². The smallest absolute Gasteiger partial charge is 0.223 e. The largest absolute Gasteiger partial charge is 0.346 e. The summed E-state index contributed by atoms with van der Waals surface area (Å²) in [6.07, 6.45) is 2.83. The lowest BCUT2D eigenvalue weighted by Crippen LogP contribution is -2.32. The van der Waals surface area contributed by atoms with Gasteiger partial charge in [0.2, 0.25) is 16.0 Å². The summed E-state index contributed by atoms with van der Waals surface area (Å²) in [5.74, 6) is 0.344. The van der Waals surface area contributed by atoms with E-state index in [2.05, 4.69) is 20.0 Å². The van der Waals surface area contributed by atoms with Crippen molar-refractivity contribution in [3.8, 4) is 6.07 Å². The molecule has 24 heavy (non-hydrogen) atoms. The average Bonchev–Trinajstić information content (AvgIpc) is 2.60. The van der Waals surface area contributed by atoms with Gasteiger partial charge in [-0.15, -0.1) is 0 Å². The van der Waals surface area contributed by atoms with E-state index in [4.69, 9.17) is 5.26 Å². The Morgan fingerprint density at radius 3 is 2.38 bits per heavy atom. The van der Waals surface area contributed by atoms with E-state index in [9.17, 15) is 8.42 Å². The molecular weight excluding hydrogens is 326 g/mol. The second kappa shape index (κ2) is 7.86. The van der Waals surface area contributed by atoms with Crippen molar-refractivity contribution in [2.75, 3.05) is 17.6 Å². The molecule has 2 N–H and O–H groups in total. The highest BCUT2D eigenvalue weighted by Crippen LogP contribution is 2.18. The molecule has 2 rings (SSSR count). The Bertz CT molecular complexity index is 811. The van der Waals surface area contributed by atoms with Gasteiger partial charge in [0, 0.05) is 6.54 Å². The first-order valence-electron chi connectivity index (χ1n) is 7.46. The molecular formula is C16H19N5O2S. The zero-order valence-corrected chi connectivity index (χ0v) is 14.3. The van der Waals surface area contributed by atoms with Gasteiger partial charge in [-0.1, -0.05) is 29.8 Å². The van der Waals surface area contributed by atoms with Gasteiger partial charge in [0.25, 0.3) is 0 Å². The lowest BCUT2D eigenvalue weighted by molar-refractivity contribution is 0.577. The van der Waals surface area contributed by atoms with Gasteiger partial charge in [-0.05, 0) is 19.4 Å². The second-order valence-electron chi connectivity index (χ2n) is 5.27. The SMILES string of the molecule is CCS(=O)(=O)NCC(Nc1ncc(C#N)cn1)c1ccc(C)cc1. The number of rotatable bonds is 7. The molecule has 0 radical (unpaired) electrons. The van der Waals surface area contributed by atoms with E-state index in [1.54, 1.807) is 6.92 Å². The predicted octanol–water partition coefficient (Wildman–Crippen LogP) is 1.75. The summed E-state index contributed by atoms with van der Waals surface area (Å²) in [4.78, 5) is 8.15. The third kappa shape index (κ3) is 5.01. The van der Waals surface area contributed by atoms with Crippen molar-refractivity contribution in [1.82, 2.24) is 14.7 Å². The van der Waals surface area contributed by atoms with Crippen molar-refractivity contribution in [3.05, 3.63) is 53.3 Å². The summed E-state index contributed by atoms with van der Waals surface area (Å²) < 4.78 is 26.0. The first-order valence-corrected chi connectivity index (χ1v) is 9.11. The molecule has 1 aromatic heterocycles. The van der Waals surface area contributed by atoms with Gasteiger partial charge < -0.3 is 5.32 Å². The molecule has 1 atom stereocenters. The summed E-state index contributed by atoms with van der Waals surface area (Å²) in [6.45, 7) is 3.73. The number of anilines is 1. The maximum atomic E-state index is 11.7. The highest BCUT2D eigenvalue weighted by molar-refractivity contribution is 7.89. The van der Waals surface area contributed by atoms with Crippen LogP contribution in [-0.4, -0.2) is 30.7 Å². The van der Waals surface area contributed by atoms with E-state index >= 15 is 0 Å². The third-order valence-corrected chi connectivity index (χ3v) is 4.82. The van der Waals surface area contributed by atoms with Crippen LogP contribution in [0.1, 0.15) is 29.7 Å². The zero-order valence-electron chi connectivity index (χ0n) is 13.5. The van der Waals surface area contributed by atoms with Crippen LogP contribution in [0.25, 0.3) is 0 Å². The van der Waals surface area contributed by atoms with Gasteiger partial charge in [-0.2, -0.15) is 5.26 Å². The van der Waals surface area contributed by atoms with E-state index in [0.717, 1.165) is 11.1 Å². The number of nitriles is 1. The van der Waals surface area contributed by atoms with Gasteiger partial charge in [0.15, 0.2) is 0 Å². The number of nitrogens with one attached hydrogen (secondary N) is 2. The van der Waals surface area contributed by atoms with Gasteiger partial charge in [0.05, 0.1) is 29.8 Å². The van der Waals surface area contributed by atoms with Crippen LogP contribution in [0.5, 0.6) is 0 Å². The van der Waals surface area contributed by atoms with Crippen LogP contribution in [0.3, 0.4) is 0 Å². The number of sulfonamides is 1. The van der Waals surface area contributed by atoms with Crippen LogP contribution in [0.2, 0.25) is 0 Å². The summed E-state index contributed by atoms with van der Waals surface area (Å²) in [7, 11) is -3.31. The van der Waals surface area contributed by atoms with E-state index in [0.29, 0.717) is 11.5 Å². The number of nitrogens with zero attached hydrogens (tertiary/aromatic N) is 3. The van der Waals surface area contributed by atoms with Gasteiger partial charge in [0.1, 0.15) is 6.07 Å². The highest BCUT2D eigenvalue weighted by atomic mass is 32.2. The maximum absolute atomic E-state index is 11.7.